The summed E-state index contributed by atoms with van der Waals surface area (Å²) in [6.45, 7) is 3.68. The van der Waals surface area contributed by atoms with E-state index in [0.29, 0.717) is 24.6 Å². The summed E-state index contributed by atoms with van der Waals surface area (Å²) in [6, 6.07) is 2.32. The van der Waals surface area contributed by atoms with Crippen molar-refractivity contribution in [1.82, 2.24) is 25.1 Å². The lowest BCUT2D eigenvalue weighted by Gasteiger charge is -2.37. The second-order valence-corrected chi connectivity index (χ2v) is 7.99. The molecule has 0 bridgehead atoms. The predicted octanol–water partition coefficient (Wildman–Crippen LogP) is 0.594. The number of oxazole rings is 1. The highest BCUT2D eigenvalue weighted by Gasteiger charge is 2.41. The molecule has 2 unspecified atom stereocenters. The van der Waals surface area contributed by atoms with Gasteiger partial charge in [-0.2, -0.15) is 4.98 Å². The van der Waals surface area contributed by atoms with Gasteiger partial charge in [0, 0.05) is 45.0 Å². The second kappa shape index (κ2) is 7.49. The van der Waals surface area contributed by atoms with Gasteiger partial charge < -0.3 is 19.5 Å². The summed E-state index contributed by atoms with van der Waals surface area (Å²) in [5, 5.41) is 3.24. The number of nitrogens with zero attached hydrogens (tertiary/aromatic N) is 5. The lowest BCUT2D eigenvalue weighted by molar-refractivity contribution is -0.132. The molecule has 10 heteroatoms. The summed E-state index contributed by atoms with van der Waals surface area (Å²) in [5.74, 6) is -0.186. The van der Waals surface area contributed by atoms with Crippen molar-refractivity contribution in [3.63, 3.8) is 0 Å². The largest absolute Gasteiger partial charge is 0.422 e. The van der Waals surface area contributed by atoms with Crippen LogP contribution in [-0.4, -0.2) is 95.9 Å². The van der Waals surface area contributed by atoms with Gasteiger partial charge in [-0.05, 0) is 12.5 Å². The quantitative estimate of drug-likeness (QED) is 0.800. The number of fused-ring (bicyclic) bond motifs is 1. The molecule has 1 amide bonds. The smallest absolute Gasteiger partial charge is 0.298 e. The van der Waals surface area contributed by atoms with E-state index >= 15 is 0 Å². The summed E-state index contributed by atoms with van der Waals surface area (Å²) >= 11 is 0. The third-order valence-corrected chi connectivity index (χ3v) is 6.18. The molecule has 0 spiro atoms. The number of likely N-dealkylation sites (tertiary alicyclic amines) is 1. The summed E-state index contributed by atoms with van der Waals surface area (Å²) in [5.41, 5.74) is 1.48. The van der Waals surface area contributed by atoms with Crippen LogP contribution in [0.5, 0.6) is 0 Å². The number of amides is 1. The number of pyridine rings is 1. The van der Waals surface area contributed by atoms with Crippen molar-refractivity contribution in [1.29, 1.82) is 0 Å². The summed E-state index contributed by atoms with van der Waals surface area (Å²) in [7, 11) is 0. The Morgan fingerprint density at radius 2 is 1.93 bits per heavy atom. The number of piperazine rings is 1. The van der Waals surface area contributed by atoms with Crippen molar-refractivity contribution < 1.29 is 18.0 Å². The fraction of sp³-hybridized carbons (Fsp3) is 0.632. The third kappa shape index (κ3) is 3.55. The Morgan fingerprint density at radius 3 is 2.66 bits per heavy atom. The molecule has 5 rings (SSSR count). The van der Waals surface area contributed by atoms with Crippen LogP contribution in [0.15, 0.2) is 22.9 Å². The zero-order valence-corrected chi connectivity index (χ0v) is 16.0. The Kier molecular flexibility index (Phi) is 4.83. The molecule has 29 heavy (non-hydrogen) atoms. The van der Waals surface area contributed by atoms with E-state index in [-0.39, 0.29) is 31.1 Å². The molecule has 1 N–H and O–H groups in total. The first-order valence-corrected chi connectivity index (χ1v) is 10.1. The van der Waals surface area contributed by atoms with Crippen molar-refractivity contribution in [2.24, 2.45) is 0 Å². The average molecular weight is 406 g/mol. The van der Waals surface area contributed by atoms with E-state index in [4.69, 9.17) is 4.42 Å². The van der Waals surface area contributed by atoms with Crippen LogP contribution in [0, 0.1) is 0 Å². The van der Waals surface area contributed by atoms with E-state index in [9.17, 15) is 13.6 Å². The van der Waals surface area contributed by atoms with Crippen LogP contribution in [0.2, 0.25) is 0 Å². The third-order valence-electron chi connectivity index (χ3n) is 6.18. The molecule has 0 aromatic carbocycles. The number of carbonyl (C=O) groups excluding carboxylic acids is 1. The van der Waals surface area contributed by atoms with Crippen LogP contribution in [0.1, 0.15) is 6.42 Å². The molecule has 0 radical (unpaired) electrons. The minimum absolute atomic E-state index is 0.137. The van der Waals surface area contributed by atoms with Gasteiger partial charge in [-0.15, -0.1) is 0 Å². The van der Waals surface area contributed by atoms with Gasteiger partial charge in [0.05, 0.1) is 25.3 Å². The van der Waals surface area contributed by atoms with Gasteiger partial charge in [-0.3, -0.25) is 14.7 Å². The van der Waals surface area contributed by atoms with Crippen LogP contribution in [0.4, 0.5) is 14.8 Å². The fourth-order valence-electron chi connectivity index (χ4n) is 4.49. The topological polar surface area (TPSA) is 77.7 Å². The standard InChI is InChI=1S/C19H24F2N6O2/c20-13-10-27(11-14(13)21)18(28)16-7-12(8-23-16)25-3-5-26(6-4-25)19-24-15-1-2-22-9-17(15)29-19/h1-2,9,12-14,16,23H,3-8,10-11H2/t12-,13?,14?,16-/m0/s1. The first kappa shape index (κ1) is 18.7. The monoisotopic (exact) mass is 406 g/mol. The van der Waals surface area contributed by atoms with Gasteiger partial charge in [0.1, 0.15) is 5.52 Å². The van der Waals surface area contributed by atoms with Gasteiger partial charge in [-0.1, -0.05) is 0 Å². The van der Waals surface area contributed by atoms with Crippen molar-refractivity contribution in [3.05, 3.63) is 18.5 Å². The summed E-state index contributed by atoms with van der Waals surface area (Å²) in [6.07, 6.45) is 0.900. The van der Waals surface area contributed by atoms with Crippen molar-refractivity contribution in [2.75, 3.05) is 50.7 Å². The minimum atomic E-state index is -1.56. The number of nitrogens with one attached hydrogen (secondary N) is 1. The lowest BCUT2D eigenvalue weighted by atomic mass is 10.1. The van der Waals surface area contributed by atoms with E-state index in [0.717, 1.165) is 31.7 Å². The first-order valence-electron chi connectivity index (χ1n) is 10.1. The number of hydrogen-bond acceptors (Lipinski definition) is 7. The molecule has 4 atom stereocenters. The Bertz CT molecular complexity index is 843. The number of alkyl halides is 2. The zero-order chi connectivity index (χ0) is 20.0. The van der Waals surface area contributed by atoms with Crippen LogP contribution in [0.3, 0.4) is 0 Å². The molecule has 156 valence electrons. The van der Waals surface area contributed by atoms with E-state index in [1.54, 1.807) is 12.4 Å². The molecule has 0 aliphatic carbocycles. The van der Waals surface area contributed by atoms with Crippen molar-refractivity contribution in [3.8, 4) is 0 Å². The lowest BCUT2D eigenvalue weighted by Crippen LogP contribution is -2.51. The predicted molar refractivity (Wildman–Crippen MR) is 102 cm³/mol. The van der Waals surface area contributed by atoms with Crippen molar-refractivity contribution >= 4 is 23.0 Å². The SMILES string of the molecule is O=C([C@@H]1C[C@H](N2CCN(c3nc4ccncc4o3)CC2)CN1)N1CC(F)C(F)C1. The van der Waals surface area contributed by atoms with Gasteiger partial charge in [0.25, 0.3) is 6.01 Å². The van der Waals surface area contributed by atoms with Crippen molar-refractivity contribution in [2.45, 2.75) is 30.8 Å². The fourth-order valence-corrected chi connectivity index (χ4v) is 4.49. The van der Waals surface area contributed by atoms with E-state index in [1.807, 2.05) is 6.07 Å². The number of rotatable bonds is 3. The number of hydrogen-bond donors (Lipinski definition) is 1. The van der Waals surface area contributed by atoms with Crippen LogP contribution >= 0.6 is 0 Å². The Hall–Kier alpha value is -2.33. The molecule has 3 fully saturated rings. The molecular formula is C19H24F2N6O2. The van der Waals surface area contributed by atoms with E-state index < -0.39 is 12.3 Å². The number of halogens is 2. The van der Waals surface area contributed by atoms with Gasteiger partial charge in [0.15, 0.2) is 17.9 Å². The molecule has 3 saturated heterocycles. The molecule has 3 aliphatic rings. The Labute approximate surface area is 166 Å². The molecule has 3 aliphatic heterocycles. The maximum absolute atomic E-state index is 13.4. The van der Waals surface area contributed by atoms with E-state index in [2.05, 4.69) is 25.1 Å². The number of aromatic nitrogens is 2. The molecule has 0 saturated carbocycles. The second-order valence-electron chi connectivity index (χ2n) is 7.99. The highest BCUT2D eigenvalue weighted by atomic mass is 19.2. The number of anilines is 1. The van der Waals surface area contributed by atoms with Crippen LogP contribution in [0.25, 0.3) is 11.1 Å². The van der Waals surface area contributed by atoms with Gasteiger partial charge in [-0.25, -0.2) is 8.78 Å². The highest BCUT2D eigenvalue weighted by molar-refractivity contribution is 5.82. The molecule has 2 aromatic rings. The first-order chi connectivity index (χ1) is 14.1. The maximum Gasteiger partial charge on any atom is 0.298 e. The normalized spacial score (nSPS) is 31.1. The zero-order valence-electron chi connectivity index (χ0n) is 16.0. The van der Waals surface area contributed by atoms with Gasteiger partial charge in [0.2, 0.25) is 5.91 Å². The molecule has 8 nitrogen and oxygen atoms in total. The van der Waals surface area contributed by atoms with Gasteiger partial charge >= 0.3 is 0 Å². The minimum Gasteiger partial charge on any atom is -0.422 e. The van der Waals surface area contributed by atoms with Crippen LogP contribution < -0.4 is 10.2 Å². The number of carbonyl (C=O) groups is 1. The highest BCUT2D eigenvalue weighted by Crippen LogP contribution is 2.25. The maximum atomic E-state index is 13.4. The Morgan fingerprint density at radius 1 is 1.17 bits per heavy atom. The summed E-state index contributed by atoms with van der Waals surface area (Å²) in [4.78, 5) is 26.9. The van der Waals surface area contributed by atoms with Crippen LogP contribution in [-0.2, 0) is 4.79 Å². The average Bonchev–Trinajstić information content (AvgIpc) is 3.46. The molecule has 5 heterocycles. The van der Waals surface area contributed by atoms with E-state index in [1.165, 1.54) is 4.90 Å². The Balaban J connectivity index is 1.15. The molecular weight excluding hydrogens is 382 g/mol. The molecule has 2 aromatic heterocycles. The summed E-state index contributed by atoms with van der Waals surface area (Å²) < 4.78 is 32.6.